The van der Waals surface area contributed by atoms with Gasteiger partial charge in [-0.2, -0.15) is 0 Å². The van der Waals surface area contributed by atoms with E-state index in [2.05, 4.69) is 26.1 Å². The molecule has 0 aromatic heterocycles. The molecule has 1 N–H and O–H groups in total. The van der Waals surface area contributed by atoms with E-state index < -0.39 is 0 Å². The Morgan fingerprint density at radius 3 is 2.64 bits per heavy atom. The molecular weight excluding hydrogens is 198 g/mol. The van der Waals surface area contributed by atoms with Crippen molar-refractivity contribution in [2.24, 2.45) is 5.41 Å². The number of alkyl halides is 1. The van der Waals surface area contributed by atoms with Gasteiger partial charge in [-0.1, -0.05) is 20.8 Å². The largest absolute Gasteiger partial charge is 0.380 e. The topological polar surface area (TPSA) is 21.3 Å². The van der Waals surface area contributed by atoms with E-state index in [4.69, 9.17) is 16.3 Å². The minimum atomic E-state index is 0.242. The van der Waals surface area contributed by atoms with Gasteiger partial charge in [0, 0.05) is 24.6 Å². The molecule has 14 heavy (non-hydrogen) atoms. The first-order chi connectivity index (χ1) is 6.59. The highest BCUT2D eigenvalue weighted by molar-refractivity contribution is 6.21. The molecule has 0 aromatic carbocycles. The molecule has 84 valence electrons. The number of nitrogens with one attached hydrogen (secondary N) is 1. The summed E-state index contributed by atoms with van der Waals surface area (Å²) in [6.07, 6.45) is 2.18. The Morgan fingerprint density at radius 2 is 2.14 bits per heavy atom. The van der Waals surface area contributed by atoms with Crippen molar-refractivity contribution in [3.63, 3.8) is 0 Å². The third-order valence-corrected chi connectivity index (χ3v) is 3.87. The molecule has 0 heterocycles. The van der Waals surface area contributed by atoms with Crippen LogP contribution < -0.4 is 5.32 Å². The van der Waals surface area contributed by atoms with Crippen LogP contribution in [0.4, 0.5) is 0 Å². The van der Waals surface area contributed by atoms with Gasteiger partial charge in [-0.05, 0) is 18.3 Å². The number of rotatable bonds is 6. The highest BCUT2D eigenvalue weighted by Crippen LogP contribution is 2.44. The van der Waals surface area contributed by atoms with Crippen LogP contribution in [-0.2, 0) is 4.74 Å². The van der Waals surface area contributed by atoms with E-state index in [9.17, 15) is 0 Å². The van der Waals surface area contributed by atoms with E-state index in [1.54, 1.807) is 0 Å². The van der Waals surface area contributed by atoms with Gasteiger partial charge in [0.2, 0.25) is 0 Å². The number of ether oxygens (including phenoxy) is 1. The van der Waals surface area contributed by atoms with E-state index in [0.717, 1.165) is 32.6 Å². The van der Waals surface area contributed by atoms with Crippen molar-refractivity contribution < 1.29 is 4.74 Å². The summed E-state index contributed by atoms with van der Waals surface area (Å²) in [6, 6.07) is 0.565. The van der Waals surface area contributed by atoms with Crippen LogP contribution >= 0.6 is 11.6 Å². The minimum absolute atomic E-state index is 0.242. The fraction of sp³-hybridized carbons (Fsp3) is 1.00. The maximum Gasteiger partial charge on any atom is 0.0591 e. The zero-order valence-corrected chi connectivity index (χ0v) is 10.2. The SMILES string of the molecule is CCCOCCNC1CC(Cl)C1(C)C. The molecule has 1 fully saturated rings. The molecule has 1 aliphatic rings. The van der Waals surface area contributed by atoms with Crippen molar-refractivity contribution in [1.29, 1.82) is 0 Å². The van der Waals surface area contributed by atoms with Crippen LogP contribution in [0.3, 0.4) is 0 Å². The molecule has 0 aliphatic heterocycles. The first-order valence-corrected chi connectivity index (χ1v) is 5.98. The Balaban J connectivity index is 2.03. The predicted octanol–water partition coefficient (Wildman–Crippen LogP) is 2.41. The average molecular weight is 220 g/mol. The monoisotopic (exact) mass is 219 g/mol. The quantitative estimate of drug-likeness (QED) is 0.547. The maximum absolute atomic E-state index is 6.13. The van der Waals surface area contributed by atoms with Gasteiger partial charge in [0.25, 0.3) is 0 Å². The maximum atomic E-state index is 6.13. The lowest BCUT2D eigenvalue weighted by Crippen LogP contribution is -2.58. The zero-order chi connectivity index (χ0) is 10.6. The zero-order valence-electron chi connectivity index (χ0n) is 9.48. The summed E-state index contributed by atoms with van der Waals surface area (Å²) in [5.41, 5.74) is 0.242. The van der Waals surface area contributed by atoms with Gasteiger partial charge >= 0.3 is 0 Å². The molecule has 0 radical (unpaired) electrons. The van der Waals surface area contributed by atoms with Crippen LogP contribution in [0.25, 0.3) is 0 Å². The van der Waals surface area contributed by atoms with E-state index in [0.29, 0.717) is 11.4 Å². The molecule has 0 aromatic rings. The lowest BCUT2D eigenvalue weighted by Gasteiger charge is -2.49. The van der Waals surface area contributed by atoms with E-state index in [1.807, 2.05) is 0 Å². The van der Waals surface area contributed by atoms with Crippen molar-refractivity contribution >= 4 is 11.6 Å². The van der Waals surface area contributed by atoms with Gasteiger partial charge in [0.05, 0.1) is 6.61 Å². The first kappa shape index (κ1) is 12.3. The second-order valence-corrected chi connectivity index (χ2v) is 5.17. The molecule has 1 aliphatic carbocycles. The molecule has 0 spiro atoms. The van der Waals surface area contributed by atoms with Gasteiger partial charge in [-0.15, -0.1) is 11.6 Å². The van der Waals surface area contributed by atoms with Crippen LogP contribution in [0.1, 0.15) is 33.6 Å². The second-order valence-electron chi connectivity index (χ2n) is 4.64. The summed E-state index contributed by atoms with van der Waals surface area (Å²) in [6.45, 7) is 9.19. The number of hydrogen-bond donors (Lipinski definition) is 1. The van der Waals surface area contributed by atoms with Crippen molar-refractivity contribution in [1.82, 2.24) is 5.32 Å². The van der Waals surface area contributed by atoms with E-state index in [-0.39, 0.29) is 5.41 Å². The molecule has 2 nitrogen and oxygen atoms in total. The van der Waals surface area contributed by atoms with Crippen molar-refractivity contribution in [2.45, 2.75) is 45.0 Å². The van der Waals surface area contributed by atoms with Gasteiger partial charge in [0.1, 0.15) is 0 Å². The Labute approximate surface area is 92.3 Å². The Bertz CT molecular complexity index is 173. The Kier molecular flexibility index (Phi) is 4.68. The normalized spacial score (nSPS) is 30.0. The summed E-state index contributed by atoms with van der Waals surface area (Å²) in [7, 11) is 0. The van der Waals surface area contributed by atoms with Crippen molar-refractivity contribution in [3.8, 4) is 0 Å². The van der Waals surface area contributed by atoms with Crippen LogP contribution in [0.15, 0.2) is 0 Å². The Hall–Kier alpha value is 0.210. The smallest absolute Gasteiger partial charge is 0.0591 e. The second kappa shape index (κ2) is 5.34. The highest BCUT2D eigenvalue weighted by Gasteiger charge is 2.46. The molecular formula is C11H22ClNO. The van der Waals surface area contributed by atoms with Crippen LogP contribution in [0.5, 0.6) is 0 Å². The van der Waals surface area contributed by atoms with Crippen LogP contribution in [-0.4, -0.2) is 31.2 Å². The molecule has 1 rings (SSSR count). The lowest BCUT2D eigenvalue weighted by molar-refractivity contribution is 0.0916. The standard InChI is InChI=1S/C11H22ClNO/c1-4-6-14-7-5-13-10-8-9(12)11(10,2)3/h9-10,13H,4-8H2,1-3H3. The molecule has 2 unspecified atom stereocenters. The molecule has 3 heteroatoms. The third-order valence-electron chi connectivity index (χ3n) is 3.13. The summed E-state index contributed by atoms with van der Waals surface area (Å²) in [5, 5.41) is 3.82. The van der Waals surface area contributed by atoms with Crippen molar-refractivity contribution in [3.05, 3.63) is 0 Å². The molecule has 1 saturated carbocycles. The third kappa shape index (κ3) is 2.85. The van der Waals surface area contributed by atoms with Crippen LogP contribution in [0.2, 0.25) is 0 Å². The summed E-state index contributed by atoms with van der Waals surface area (Å²) < 4.78 is 5.40. The fourth-order valence-electron chi connectivity index (χ4n) is 1.77. The number of halogens is 1. The van der Waals surface area contributed by atoms with E-state index in [1.165, 1.54) is 0 Å². The first-order valence-electron chi connectivity index (χ1n) is 5.54. The summed E-state index contributed by atoms with van der Waals surface area (Å²) >= 11 is 6.13. The van der Waals surface area contributed by atoms with Crippen LogP contribution in [0, 0.1) is 5.41 Å². The minimum Gasteiger partial charge on any atom is -0.380 e. The van der Waals surface area contributed by atoms with Gasteiger partial charge in [-0.25, -0.2) is 0 Å². The van der Waals surface area contributed by atoms with Crippen molar-refractivity contribution in [2.75, 3.05) is 19.8 Å². The molecule has 0 amide bonds. The lowest BCUT2D eigenvalue weighted by atomic mass is 9.67. The van der Waals surface area contributed by atoms with E-state index >= 15 is 0 Å². The fourth-order valence-corrected chi connectivity index (χ4v) is 2.10. The number of hydrogen-bond acceptors (Lipinski definition) is 2. The summed E-state index contributed by atoms with van der Waals surface area (Å²) in [5.74, 6) is 0. The van der Waals surface area contributed by atoms with Gasteiger partial charge < -0.3 is 10.1 Å². The molecule has 0 saturated heterocycles. The van der Waals surface area contributed by atoms with Gasteiger partial charge in [0.15, 0.2) is 0 Å². The summed E-state index contributed by atoms with van der Waals surface area (Å²) in [4.78, 5) is 0. The average Bonchev–Trinajstić information content (AvgIpc) is 2.16. The molecule has 2 atom stereocenters. The highest BCUT2D eigenvalue weighted by atomic mass is 35.5. The predicted molar refractivity (Wildman–Crippen MR) is 60.9 cm³/mol. The Morgan fingerprint density at radius 1 is 1.43 bits per heavy atom. The van der Waals surface area contributed by atoms with Gasteiger partial charge in [-0.3, -0.25) is 0 Å². The molecule has 0 bridgehead atoms.